The van der Waals surface area contributed by atoms with Crippen LogP contribution in [0.25, 0.3) is 11.1 Å². The van der Waals surface area contributed by atoms with Crippen molar-refractivity contribution < 1.29 is 9.13 Å². The molecule has 1 N–H and O–H groups in total. The van der Waals surface area contributed by atoms with Crippen LogP contribution in [0.4, 0.5) is 4.39 Å². The topological polar surface area (TPSA) is 21.3 Å². The third-order valence-electron chi connectivity index (χ3n) is 3.51. The second-order valence-electron chi connectivity index (χ2n) is 5.17. The van der Waals surface area contributed by atoms with Gasteiger partial charge < -0.3 is 10.1 Å². The molecule has 0 heterocycles. The maximum Gasteiger partial charge on any atom is 0.131 e. The molecule has 0 saturated heterocycles. The van der Waals surface area contributed by atoms with Crippen LogP contribution in [-0.4, -0.2) is 13.7 Å². The smallest absolute Gasteiger partial charge is 0.131 e. The van der Waals surface area contributed by atoms with Gasteiger partial charge in [-0.25, -0.2) is 4.39 Å². The molecule has 0 fully saturated rings. The van der Waals surface area contributed by atoms with E-state index in [4.69, 9.17) is 4.74 Å². The first-order valence-corrected chi connectivity index (χ1v) is 7.30. The number of rotatable bonds is 6. The molecular formula is C18H22FNO. The monoisotopic (exact) mass is 287 g/mol. The fourth-order valence-electron chi connectivity index (χ4n) is 2.36. The SMILES string of the molecule is CCCNCc1ccc(F)c(-c2ccc(OC)cc2C)c1. The summed E-state index contributed by atoms with van der Waals surface area (Å²) in [5.74, 6) is 0.597. The largest absolute Gasteiger partial charge is 0.497 e. The number of aryl methyl sites for hydroxylation is 1. The van der Waals surface area contributed by atoms with Gasteiger partial charge in [-0.15, -0.1) is 0 Å². The molecule has 0 unspecified atom stereocenters. The first-order valence-electron chi connectivity index (χ1n) is 7.30. The molecule has 0 atom stereocenters. The number of methoxy groups -OCH3 is 1. The van der Waals surface area contributed by atoms with Crippen LogP contribution in [0.5, 0.6) is 5.75 Å². The van der Waals surface area contributed by atoms with E-state index in [1.807, 2.05) is 37.3 Å². The van der Waals surface area contributed by atoms with Crippen molar-refractivity contribution >= 4 is 0 Å². The van der Waals surface area contributed by atoms with Crippen molar-refractivity contribution in [2.75, 3.05) is 13.7 Å². The Balaban J connectivity index is 2.32. The minimum atomic E-state index is -0.192. The molecule has 0 aliphatic carbocycles. The lowest BCUT2D eigenvalue weighted by Gasteiger charge is -2.11. The van der Waals surface area contributed by atoms with Gasteiger partial charge in [0.2, 0.25) is 0 Å². The molecule has 0 aliphatic rings. The van der Waals surface area contributed by atoms with Crippen LogP contribution in [0.1, 0.15) is 24.5 Å². The van der Waals surface area contributed by atoms with E-state index in [-0.39, 0.29) is 5.82 Å². The van der Waals surface area contributed by atoms with Gasteiger partial charge >= 0.3 is 0 Å². The van der Waals surface area contributed by atoms with Crippen LogP contribution < -0.4 is 10.1 Å². The standard InChI is InChI=1S/C18H22FNO/c1-4-9-20-12-14-5-8-18(19)17(11-14)16-7-6-15(21-3)10-13(16)2/h5-8,10-11,20H,4,9,12H2,1-3H3. The van der Waals surface area contributed by atoms with Crippen molar-refractivity contribution in [3.8, 4) is 16.9 Å². The van der Waals surface area contributed by atoms with E-state index in [1.54, 1.807) is 13.2 Å². The van der Waals surface area contributed by atoms with Gasteiger partial charge in [-0.2, -0.15) is 0 Å². The summed E-state index contributed by atoms with van der Waals surface area (Å²) in [5, 5.41) is 3.34. The molecule has 2 rings (SSSR count). The molecule has 21 heavy (non-hydrogen) atoms. The molecule has 0 aliphatic heterocycles. The Hall–Kier alpha value is -1.87. The average Bonchev–Trinajstić information content (AvgIpc) is 2.49. The van der Waals surface area contributed by atoms with Crippen LogP contribution in [-0.2, 0) is 6.54 Å². The van der Waals surface area contributed by atoms with E-state index >= 15 is 0 Å². The fraction of sp³-hybridized carbons (Fsp3) is 0.333. The maximum absolute atomic E-state index is 14.2. The summed E-state index contributed by atoms with van der Waals surface area (Å²) in [6.07, 6.45) is 1.09. The van der Waals surface area contributed by atoms with E-state index in [9.17, 15) is 4.39 Å². The van der Waals surface area contributed by atoms with E-state index in [0.717, 1.165) is 42.0 Å². The van der Waals surface area contributed by atoms with Crippen molar-refractivity contribution in [1.29, 1.82) is 0 Å². The summed E-state index contributed by atoms with van der Waals surface area (Å²) in [4.78, 5) is 0. The fourth-order valence-corrected chi connectivity index (χ4v) is 2.36. The predicted octanol–water partition coefficient (Wildman–Crippen LogP) is 4.31. The van der Waals surface area contributed by atoms with Crippen LogP contribution in [0.15, 0.2) is 36.4 Å². The molecule has 0 aromatic heterocycles. The lowest BCUT2D eigenvalue weighted by molar-refractivity contribution is 0.414. The van der Waals surface area contributed by atoms with E-state index in [2.05, 4.69) is 12.2 Å². The molecule has 0 saturated carbocycles. The van der Waals surface area contributed by atoms with Gasteiger partial charge in [0.1, 0.15) is 11.6 Å². The molecule has 0 amide bonds. The number of benzene rings is 2. The lowest BCUT2D eigenvalue weighted by atomic mass is 9.98. The molecule has 3 heteroatoms. The number of ether oxygens (including phenoxy) is 1. The van der Waals surface area contributed by atoms with Gasteiger partial charge in [-0.05, 0) is 60.8 Å². The van der Waals surface area contributed by atoms with Gasteiger partial charge in [-0.3, -0.25) is 0 Å². The highest BCUT2D eigenvalue weighted by Gasteiger charge is 2.09. The molecular weight excluding hydrogens is 265 g/mol. The zero-order valence-electron chi connectivity index (χ0n) is 12.9. The number of hydrogen-bond donors (Lipinski definition) is 1. The lowest BCUT2D eigenvalue weighted by Crippen LogP contribution is -2.13. The van der Waals surface area contributed by atoms with Gasteiger partial charge in [0.05, 0.1) is 7.11 Å². The highest BCUT2D eigenvalue weighted by atomic mass is 19.1. The summed E-state index contributed by atoms with van der Waals surface area (Å²) < 4.78 is 19.4. The van der Waals surface area contributed by atoms with Gasteiger partial charge in [0, 0.05) is 12.1 Å². The highest BCUT2D eigenvalue weighted by molar-refractivity contribution is 5.69. The zero-order valence-corrected chi connectivity index (χ0v) is 12.9. The molecule has 112 valence electrons. The third-order valence-corrected chi connectivity index (χ3v) is 3.51. The number of halogens is 1. The molecule has 2 nitrogen and oxygen atoms in total. The van der Waals surface area contributed by atoms with E-state index in [0.29, 0.717) is 5.56 Å². The normalized spacial score (nSPS) is 10.7. The molecule has 0 bridgehead atoms. The number of nitrogens with one attached hydrogen (secondary N) is 1. The number of hydrogen-bond acceptors (Lipinski definition) is 2. The highest BCUT2D eigenvalue weighted by Crippen LogP contribution is 2.29. The molecule has 2 aromatic rings. The van der Waals surface area contributed by atoms with Crippen molar-refractivity contribution in [2.45, 2.75) is 26.8 Å². The summed E-state index contributed by atoms with van der Waals surface area (Å²) in [6, 6.07) is 11.0. The second kappa shape index (κ2) is 7.23. The van der Waals surface area contributed by atoms with Crippen LogP contribution >= 0.6 is 0 Å². The minimum Gasteiger partial charge on any atom is -0.497 e. The predicted molar refractivity (Wildman–Crippen MR) is 85.1 cm³/mol. The Morgan fingerprint density at radius 3 is 2.57 bits per heavy atom. The van der Waals surface area contributed by atoms with Crippen LogP contribution in [0, 0.1) is 12.7 Å². The Morgan fingerprint density at radius 1 is 1.10 bits per heavy atom. The maximum atomic E-state index is 14.2. The van der Waals surface area contributed by atoms with Crippen molar-refractivity contribution in [3.63, 3.8) is 0 Å². The first-order chi connectivity index (χ1) is 10.2. The Morgan fingerprint density at radius 2 is 1.90 bits per heavy atom. The van der Waals surface area contributed by atoms with Crippen molar-refractivity contribution in [2.24, 2.45) is 0 Å². The summed E-state index contributed by atoms with van der Waals surface area (Å²) >= 11 is 0. The summed E-state index contributed by atoms with van der Waals surface area (Å²) in [6.45, 7) is 5.83. The quantitative estimate of drug-likeness (QED) is 0.799. The van der Waals surface area contributed by atoms with Gasteiger partial charge in [0.15, 0.2) is 0 Å². The third kappa shape index (κ3) is 3.82. The zero-order chi connectivity index (χ0) is 15.2. The molecule has 0 spiro atoms. The summed E-state index contributed by atoms with van der Waals surface area (Å²) in [7, 11) is 1.63. The minimum absolute atomic E-state index is 0.192. The Kier molecular flexibility index (Phi) is 5.34. The Labute approximate surface area is 126 Å². The summed E-state index contributed by atoms with van der Waals surface area (Å²) in [5.41, 5.74) is 3.65. The van der Waals surface area contributed by atoms with Gasteiger partial charge in [-0.1, -0.05) is 19.1 Å². The van der Waals surface area contributed by atoms with Crippen molar-refractivity contribution in [1.82, 2.24) is 5.32 Å². The van der Waals surface area contributed by atoms with E-state index in [1.165, 1.54) is 0 Å². The van der Waals surface area contributed by atoms with E-state index < -0.39 is 0 Å². The molecule has 2 aromatic carbocycles. The van der Waals surface area contributed by atoms with Crippen molar-refractivity contribution in [3.05, 3.63) is 53.3 Å². The first kappa shape index (κ1) is 15.5. The average molecular weight is 287 g/mol. The van der Waals surface area contributed by atoms with Crippen LogP contribution in [0.2, 0.25) is 0 Å². The van der Waals surface area contributed by atoms with Gasteiger partial charge in [0.25, 0.3) is 0 Å². The second-order valence-corrected chi connectivity index (χ2v) is 5.17. The molecule has 0 radical (unpaired) electrons. The Bertz CT molecular complexity index is 610. The van der Waals surface area contributed by atoms with Crippen LogP contribution in [0.3, 0.4) is 0 Å².